The van der Waals surface area contributed by atoms with E-state index in [4.69, 9.17) is 11.6 Å². The van der Waals surface area contributed by atoms with Crippen LogP contribution in [0.5, 0.6) is 0 Å². The van der Waals surface area contributed by atoms with Crippen LogP contribution in [0.3, 0.4) is 0 Å². The Morgan fingerprint density at radius 3 is 2.55 bits per heavy atom. The molecule has 0 atom stereocenters. The molecule has 0 N–H and O–H groups in total. The average molecular weight is 309 g/mol. The van der Waals surface area contributed by atoms with Gasteiger partial charge >= 0.3 is 0 Å². The number of hydrogen-bond donors (Lipinski definition) is 0. The van der Waals surface area contributed by atoms with Gasteiger partial charge < -0.3 is 4.57 Å². The molecule has 110 valence electrons. The second kappa shape index (κ2) is 6.25. The summed E-state index contributed by atoms with van der Waals surface area (Å²) < 4.78 is 2.04. The normalized spacial score (nSPS) is 10.8. The van der Waals surface area contributed by atoms with Crippen LogP contribution in [0.2, 0.25) is 5.15 Å². The van der Waals surface area contributed by atoms with Gasteiger partial charge in [-0.2, -0.15) is 5.26 Å². The Morgan fingerprint density at radius 2 is 1.86 bits per heavy atom. The van der Waals surface area contributed by atoms with E-state index in [0.717, 1.165) is 30.3 Å². The fourth-order valence-corrected chi connectivity index (χ4v) is 3.12. The Morgan fingerprint density at radius 1 is 1.09 bits per heavy atom. The van der Waals surface area contributed by atoms with Crippen molar-refractivity contribution in [1.82, 2.24) is 4.57 Å². The van der Waals surface area contributed by atoms with Crippen molar-refractivity contribution in [3.63, 3.8) is 0 Å². The molecule has 2 nitrogen and oxygen atoms in total. The van der Waals surface area contributed by atoms with Crippen LogP contribution < -0.4 is 0 Å². The highest BCUT2D eigenvalue weighted by atomic mass is 35.5. The molecule has 0 radical (unpaired) electrons. The molecule has 3 heteroatoms. The van der Waals surface area contributed by atoms with Gasteiger partial charge in [-0.3, -0.25) is 0 Å². The molecule has 3 aromatic rings. The van der Waals surface area contributed by atoms with Crippen LogP contribution in [0.4, 0.5) is 0 Å². The van der Waals surface area contributed by atoms with Crippen LogP contribution in [0.1, 0.15) is 23.6 Å². The molecule has 3 rings (SSSR count). The largest absolute Gasteiger partial charge is 0.330 e. The Hall–Kier alpha value is -2.24. The summed E-state index contributed by atoms with van der Waals surface area (Å²) in [6, 6.07) is 18.8. The van der Waals surface area contributed by atoms with Crippen LogP contribution in [0.15, 0.2) is 48.5 Å². The molecular formula is C19H17ClN2. The van der Waals surface area contributed by atoms with E-state index >= 15 is 0 Å². The van der Waals surface area contributed by atoms with E-state index in [9.17, 15) is 5.26 Å². The standard InChI is InChI=1S/C19H17ClN2/c1-2-14-8-9-18-16(12-14)17(13-21)19(20)22(18)11-10-15-6-4-3-5-7-15/h3-9,12H,2,10-11H2,1H3. The van der Waals surface area contributed by atoms with Crippen molar-refractivity contribution in [2.24, 2.45) is 0 Å². The average Bonchev–Trinajstić information content (AvgIpc) is 2.84. The Labute approximate surface area is 135 Å². The number of nitriles is 1. The van der Waals surface area contributed by atoms with E-state index in [1.807, 2.05) is 22.8 Å². The minimum Gasteiger partial charge on any atom is -0.330 e. The van der Waals surface area contributed by atoms with Gasteiger partial charge in [0.05, 0.1) is 11.1 Å². The molecule has 2 aromatic carbocycles. The Kier molecular flexibility index (Phi) is 4.18. The SMILES string of the molecule is CCc1ccc2c(c1)c(C#N)c(Cl)n2CCc1ccccc1. The number of aromatic nitrogens is 1. The van der Waals surface area contributed by atoms with Gasteiger partial charge in [-0.15, -0.1) is 0 Å². The van der Waals surface area contributed by atoms with Crippen molar-refractivity contribution in [3.8, 4) is 6.07 Å². The molecule has 0 saturated heterocycles. The highest BCUT2D eigenvalue weighted by Gasteiger charge is 2.15. The van der Waals surface area contributed by atoms with Gasteiger partial charge in [-0.05, 0) is 36.1 Å². The molecule has 0 saturated carbocycles. The molecule has 0 spiro atoms. The minimum atomic E-state index is 0.543. The lowest BCUT2D eigenvalue weighted by atomic mass is 10.1. The lowest BCUT2D eigenvalue weighted by Gasteiger charge is -2.07. The Balaban J connectivity index is 2.02. The summed E-state index contributed by atoms with van der Waals surface area (Å²) in [6.45, 7) is 2.88. The van der Waals surface area contributed by atoms with Gasteiger partial charge in [0, 0.05) is 11.9 Å². The van der Waals surface area contributed by atoms with Gasteiger partial charge in [0.2, 0.25) is 0 Å². The third kappa shape index (κ3) is 2.61. The van der Waals surface area contributed by atoms with Crippen molar-refractivity contribution >= 4 is 22.5 Å². The van der Waals surface area contributed by atoms with Crippen molar-refractivity contribution in [2.75, 3.05) is 0 Å². The number of fused-ring (bicyclic) bond motifs is 1. The summed E-state index contributed by atoms with van der Waals surface area (Å²) in [7, 11) is 0. The smallest absolute Gasteiger partial charge is 0.128 e. The summed E-state index contributed by atoms with van der Waals surface area (Å²) in [5.74, 6) is 0. The first-order valence-corrected chi connectivity index (χ1v) is 7.87. The maximum Gasteiger partial charge on any atom is 0.128 e. The number of benzene rings is 2. The van der Waals surface area contributed by atoms with Crippen LogP contribution >= 0.6 is 11.6 Å². The van der Waals surface area contributed by atoms with E-state index < -0.39 is 0 Å². The summed E-state index contributed by atoms with van der Waals surface area (Å²) in [5.41, 5.74) is 4.11. The molecule has 0 fully saturated rings. The maximum absolute atomic E-state index is 9.43. The summed E-state index contributed by atoms with van der Waals surface area (Å²) in [4.78, 5) is 0. The highest BCUT2D eigenvalue weighted by molar-refractivity contribution is 6.32. The van der Waals surface area contributed by atoms with Gasteiger partial charge in [0.25, 0.3) is 0 Å². The summed E-state index contributed by atoms with van der Waals surface area (Å²) in [5, 5.41) is 10.9. The first kappa shape index (κ1) is 14.7. The van der Waals surface area contributed by atoms with Crippen molar-refractivity contribution in [2.45, 2.75) is 26.3 Å². The first-order valence-electron chi connectivity index (χ1n) is 7.49. The fraction of sp³-hybridized carbons (Fsp3) is 0.211. The van der Waals surface area contributed by atoms with Crippen LogP contribution in [-0.2, 0) is 19.4 Å². The monoisotopic (exact) mass is 308 g/mol. The predicted octanol–water partition coefficient (Wildman–Crippen LogP) is 4.97. The second-order valence-electron chi connectivity index (χ2n) is 5.37. The van der Waals surface area contributed by atoms with Crippen LogP contribution in [0, 0.1) is 11.3 Å². The molecule has 1 aromatic heterocycles. The van der Waals surface area contributed by atoms with E-state index in [1.54, 1.807) is 0 Å². The zero-order valence-electron chi connectivity index (χ0n) is 12.5. The molecule has 0 amide bonds. The van der Waals surface area contributed by atoms with E-state index in [0.29, 0.717) is 10.7 Å². The van der Waals surface area contributed by atoms with Crippen molar-refractivity contribution < 1.29 is 0 Å². The number of halogens is 1. The first-order chi connectivity index (χ1) is 10.7. The Bertz CT molecular complexity index is 841. The van der Waals surface area contributed by atoms with E-state index in [2.05, 4.69) is 43.3 Å². The maximum atomic E-state index is 9.43. The number of hydrogen-bond acceptors (Lipinski definition) is 1. The van der Waals surface area contributed by atoms with Crippen molar-refractivity contribution in [3.05, 3.63) is 70.4 Å². The molecule has 0 unspecified atom stereocenters. The lowest BCUT2D eigenvalue weighted by molar-refractivity contribution is 0.723. The summed E-state index contributed by atoms with van der Waals surface area (Å²) >= 11 is 6.45. The zero-order chi connectivity index (χ0) is 15.5. The highest BCUT2D eigenvalue weighted by Crippen LogP contribution is 2.30. The predicted molar refractivity (Wildman–Crippen MR) is 91.2 cm³/mol. The van der Waals surface area contributed by atoms with E-state index in [1.165, 1.54) is 11.1 Å². The van der Waals surface area contributed by atoms with Gasteiger partial charge in [-0.1, -0.05) is 54.9 Å². The van der Waals surface area contributed by atoms with Gasteiger partial charge in [-0.25, -0.2) is 0 Å². The van der Waals surface area contributed by atoms with Gasteiger partial charge in [0.1, 0.15) is 11.2 Å². The van der Waals surface area contributed by atoms with E-state index in [-0.39, 0.29) is 0 Å². The molecule has 0 aliphatic heterocycles. The third-order valence-corrected chi connectivity index (χ3v) is 4.44. The van der Waals surface area contributed by atoms with Crippen molar-refractivity contribution in [1.29, 1.82) is 5.26 Å². The van der Waals surface area contributed by atoms with Crippen LogP contribution in [-0.4, -0.2) is 4.57 Å². The molecule has 1 heterocycles. The number of aryl methyl sites for hydroxylation is 3. The van der Waals surface area contributed by atoms with Crippen LogP contribution in [0.25, 0.3) is 10.9 Å². The number of nitrogens with zero attached hydrogens (tertiary/aromatic N) is 2. The molecular weight excluding hydrogens is 292 g/mol. The topological polar surface area (TPSA) is 28.7 Å². The fourth-order valence-electron chi connectivity index (χ4n) is 2.80. The zero-order valence-corrected chi connectivity index (χ0v) is 13.3. The quantitative estimate of drug-likeness (QED) is 0.669. The molecule has 0 bridgehead atoms. The second-order valence-corrected chi connectivity index (χ2v) is 5.73. The lowest BCUT2D eigenvalue weighted by Crippen LogP contribution is -2.01. The molecule has 0 aliphatic carbocycles. The van der Waals surface area contributed by atoms with Gasteiger partial charge in [0.15, 0.2) is 0 Å². The third-order valence-electron chi connectivity index (χ3n) is 4.05. The molecule has 0 aliphatic rings. The minimum absolute atomic E-state index is 0.543. The molecule has 22 heavy (non-hydrogen) atoms. The summed E-state index contributed by atoms with van der Waals surface area (Å²) in [6.07, 6.45) is 1.85. The number of rotatable bonds is 4.